The van der Waals surface area contributed by atoms with Gasteiger partial charge in [-0.05, 0) is 11.9 Å². The summed E-state index contributed by atoms with van der Waals surface area (Å²) < 4.78 is 43.4. The lowest BCUT2D eigenvalue weighted by molar-refractivity contribution is -0.141. The molecule has 0 saturated heterocycles. The molecule has 8 heteroatoms. The minimum atomic E-state index is -4.55. The van der Waals surface area contributed by atoms with E-state index in [9.17, 15) is 18.0 Å². The molecule has 0 aliphatic heterocycles. The van der Waals surface area contributed by atoms with Gasteiger partial charge in [-0.2, -0.15) is 13.2 Å². The monoisotopic (exact) mass is 308 g/mol. The molecule has 0 N–H and O–H groups in total. The van der Waals surface area contributed by atoms with Crippen LogP contribution in [0.2, 0.25) is 0 Å². The minimum absolute atomic E-state index is 0.0613. The Bertz CT molecular complexity index is 687. The van der Waals surface area contributed by atoms with Crippen molar-refractivity contribution in [2.24, 2.45) is 0 Å². The van der Waals surface area contributed by atoms with Crippen molar-refractivity contribution >= 4 is 7.85 Å². The highest BCUT2D eigenvalue weighted by molar-refractivity contribution is 6.07. The van der Waals surface area contributed by atoms with Crippen LogP contribution in [0.25, 0.3) is 0 Å². The van der Waals surface area contributed by atoms with Gasteiger partial charge in [-0.1, -0.05) is 30.3 Å². The Morgan fingerprint density at radius 1 is 1.23 bits per heavy atom. The number of nitrogens with zero attached hydrogens (tertiary/aromatic N) is 2. The van der Waals surface area contributed by atoms with Crippen molar-refractivity contribution in [2.75, 3.05) is 0 Å². The first kappa shape index (κ1) is 16.1. The van der Waals surface area contributed by atoms with Gasteiger partial charge in [0, 0.05) is 0 Å². The maximum absolute atomic E-state index is 12.6. The number of hydrogen-bond acceptors (Lipinski definition) is 3. The van der Waals surface area contributed by atoms with Crippen LogP contribution in [0.15, 0.2) is 41.3 Å². The molecule has 0 fully saturated rings. The molecule has 0 aliphatic rings. The Labute approximate surface area is 126 Å². The van der Waals surface area contributed by atoms with E-state index in [-0.39, 0.29) is 24.5 Å². The first-order valence-corrected chi connectivity index (χ1v) is 6.43. The van der Waals surface area contributed by atoms with Crippen LogP contribution < -0.4 is 10.3 Å². The molecule has 4 nitrogen and oxygen atoms in total. The van der Waals surface area contributed by atoms with Gasteiger partial charge in [-0.3, -0.25) is 9.36 Å². The molecule has 1 aromatic heterocycles. The molecule has 1 aromatic carbocycles. The summed E-state index contributed by atoms with van der Waals surface area (Å²) in [7, 11) is 5.32. The molecule has 0 saturated carbocycles. The van der Waals surface area contributed by atoms with Crippen molar-refractivity contribution in [1.29, 1.82) is 0 Å². The topological polar surface area (TPSA) is 44.1 Å². The number of ether oxygens (including phenoxy) is 1. The van der Waals surface area contributed by atoms with E-state index >= 15 is 0 Å². The lowest BCUT2D eigenvalue weighted by Crippen LogP contribution is -2.32. The van der Waals surface area contributed by atoms with E-state index in [2.05, 4.69) is 4.98 Å². The van der Waals surface area contributed by atoms with Gasteiger partial charge in [0.15, 0.2) is 0 Å². The van der Waals surface area contributed by atoms with Crippen LogP contribution in [0, 0.1) is 0 Å². The zero-order valence-electron chi connectivity index (χ0n) is 11.5. The molecule has 0 amide bonds. The zero-order valence-corrected chi connectivity index (χ0v) is 11.5. The molecule has 0 atom stereocenters. The second-order valence-corrected chi connectivity index (χ2v) is 4.52. The van der Waals surface area contributed by atoms with Gasteiger partial charge in [0.1, 0.15) is 19.0 Å². The van der Waals surface area contributed by atoms with E-state index in [4.69, 9.17) is 12.6 Å². The second kappa shape index (κ2) is 6.68. The van der Waals surface area contributed by atoms with Crippen LogP contribution in [0.5, 0.6) is 5.75 Å². The van der Waals surface area contributed by atoms with Gasteiger partial charge in [0.2, 0.25) is 5.75 Å². The lowest BCUT2D eigenvalue weighted by Gasteiger charge is -2.15. The molecular formula is C14H12BF3N2O2. The van der Waals surface area contributed by atoms with E-state index in [1.54, 1.807) is 24.3 Å². The first-order chi connectivity index (χ1) is 10.4. The Morgan fingerprint density at radius 2 is 1.91 bits per heavy atom. The number of halogens is 3. The average molecular weight is 308 g/mol. The predicted molar refractivity (Wildman–Crippen MR) is 74.8 cm³/mol. The van der Waals surface area contributed by atoms with Crippen molar-refractivity contribution in [3.05, 3.63) is 58.3 Å². The summed E-state index contributed by atoms with van der Waals surface area (Å²) in [6, 6.07) is 8.94. The number of aromatic nitrogens is 2. The average Bonchev–Trinajstić information content (AvgIpc) is 2.48. The van der Waals surface area contributed by atoms with Crippen LogP contribution >= 0.6 is 0 Å². The third-order valence-corrected chi connectivity index (χ3v) is 2.86. The van der Waals surface area contributed by atoms with Gasteiger partial charge < -0.3 is 4.74 Å². The van der Waals surface area contributed by atoms with Crippen molar-refractivity contribution in [1.82, 2.24) is 9.55 Å². The number of benzene rings is 1. The summed E-state index contributed by atoms with van der Waals surface area (Å²) >= 11 is 0. The molecule has 0 unspecified atom stereocenters. The fourth-order valence-corrected chi connectivity index (χ4v) is 1.85. The Morgan fingerprint density at radius 3 is 2.50 bits per heavy atom. The molecule has 1 heterocycles. The van der Waals surface area contributed by atoms with Crippen LogP contribution in [0.3, 0.4) is 0 Å². The Kier molecular flexibility index (Phi) is 4.90. The number of rotatable bonds is 5. The van der Waals surface area contributed by atoms with Gasteiger partial charge in [0.05, 0.1) is 14.0 Å². The van der Waals surface area contributed by atoms with Crippen molar-refractivity contribution in [3.63, 3.8) is 0 Å². The predicted octanol–water partition coefficient (Wildman–Crippen LogP) is 2.05. The standard InChI is InChI=1S/C14H12BF3N2O2/c15-6-12-19-7-11(13(21)20(12)9-14(16,17)18)22-8-10-4-2-1-3-5-10/h1-5,7H,6,8-9H2. The Hall–Kier alpha value is -2.25. The molecule has 2 rings (SSSR count). The Balaban J connectivity index is 2.26. The summed E-state index contributed by atoms with van der Waals surface area (Å²) in [4.78, 5) is 15.9. The van der Waals surface area contributed by atoms with E-state index in [0.29, 0.717) is 4.57 Å². The summed E-state index contributed by atoms with van der Waals surface area (Å²) in [5, 5.41) is 0. The molecular weight excluding hydrogens is 296 g/mol. The number of alkyl halides is 3. The van der Waals surface area contributed by atoms with Crippen molar-refractivity contribution < 1.29 is 17.9 Å². The summed E-state index contributed by atoms with van der Waals surface area (Å²) in [5.41, 5.74) is -0.115. The molecule has 0 spiro atoms. The third-order valence-electron chi connectivity index (χ3n) is 2.86. The van der Waals surface area contributed by atoms with Crippen LogP contribution in [-0.4, -0.2) is 23.6 Å². The largest absolute Gasteiger partial charge is 0.482 e. The first-order valence-electron chi connectivity index (χ1n) is 6.43. The van der Waals surface area contributed by atoms with E-state index in [1.165, 1.54) is 0 Å². The van der Waals surface area contributed by atoms with E-state index in [0.717, 1.165) is 11.8 Å². The highest BCUT2D eigenvalue weighted by Gasteiger charge is 2.30. The third kappa shape index (κ3) is 4.13. The molecule has 114 valence electrons. The fraction of sp³-hybridized carbons (Fsp3) is 0.286. The number of hydrogen-bond donors (Lipinski definition) is 0. The highest BCUT2D eigenvalue weighted by atomic mass is 19.4. The molecule has 0 bridgehead atoms. The molecule has 2 radical (unpaired) electrons. The van der Waals surface area contributed by atoms with Gasteiger partial charge in [-0.25, -0.2) is 4.98 Å². The van der Waals surface area contributed by atoms with Gasteiger partial charge in [0.25, 0.3) is 5.56 Å². The highest BCUT2D eigenvalue weighted by Crippen LogP contribution is 2.18. The van der Waals surface area contributed by atoms with Crippen LogP contribution in [0.1, 0.15) is 11.4 Å². The fourth-order valence-electron chi connectivity index (χ4n) is 1.85. The normalized spacial score (nSPS) is 11.4. The van der Waals surface area contributed by atoms with E-state index < -0.39 is 18.3 Å². The van der Waals surface area contributed by atoms with Crippen LogP contribution in [-0.2, 0) is 19.5 Å². The maximum atomic E-state index is 12.6. The minimum Gasteiger partial charge on any atom is -0.482 e. The summed E-state index contributed by atoms with van der Waals surface area (Å²) in [6.45, 7) is -1.39. The van der Waals surface area contributed by atoms with E-state index in [1.807, 2.05) is 6.07 Å². The quantitative estimate of drug-likeness (QED) is 0.794. The second-order valence-electron chi connectivity index (χ2n) is 4.52. The van der Waals surface area contributed by atoms with Gasteiger partial charge >= 0.3 is 6.18 Å². The molecule has 2 aromatic rings. The molecule has 0 aliphatic carbocycles. The van der Waals surface area contributed by atoms with Crippen LogP contribution in [0.4, 0.5) is 13.2 Å². The van der Waals surface area contributed by atoms with Crippen molar-refractivity contribution in [2.45, 2.75) is 25.6 Å². The zero-order chi connectivity index (χ0) is 16.2. The van der Waals surface area contributed by atoms with Crippen molar-refractivity contribution in [3.8, 4) is 5.75 Å². The smallest absolute Gasteiger partial charge is 0.406 e. The lowest BCUT2D eigenvalue weighted by atomic mass is 10.0. The SMILES string of the molecule is [B]Cc1ncc(OCc2ccccc2)c(=O)n1CC(F)(F)F. The maximum Gasteiger partial charge on any atom is 0.406 e. The van der Waals surface area contributed by atoms with Gasteiger partial charge in [-0.15, -0.1) is 0 Å². The summed E-state index contributed by atoms with van der Waals surface area (Å²) in [6.07, 6.45) is -3.72. The molecule has 22 heavy (non-hydrogen) atoms. The summed E-state index contributed by atoms with van der Waals surface area (Å²) in [5.74, 6) is -0.389.